The monoisotopic (exact) mass is 272 g/mol. The molecule has 0 aromatic carbocycles. The van der Waals surface area contributed by atoms with Crippen LogP contribution in [0.15, 0.2) is 0 Å². The van der Waals surface area contributed by atoms with Crippen LogP contribution in [0.1, 0.15) is 53.9 Å². The van der Waals surface area contributed by atoms with Gasteiger partial charge in [0.15, 0.2) is 0 Å². The Kier molecular flexibility index (Phi) is 8.19. The van der Waals surface area contributed by atoms with Crippen molar-refractivity contribution in [1.29, 1.82) is 0 Å². The molecule has 0 saturated heterocycles. The second-order valence-corrected chi connectivity index (χ2v) is 5.35. The zero-order valence-corrected chi connectivity index (χ0v) is 12.8. The summed E-state index contributed by atoms with van der Waals surface area (Å²) >= 11 is 0. The van der Waals surface area contributed by atoms with Gasteiger partial charge in [0.05, 0.1) is 0 Å². The van der Waals surface area contributed by atoms with Crippen LogP contribution in [0.2, 0.25) is 0 Å². The lowest BCUT2D eigenvalue weighted by Gasteiger charge is -2.35. The van der Waals surface area contributed by atoms with E-state index >= 15 is 0 Å². The van der Waals surface area contributed by atoms with E-state index in [1.165, 1.54) is 0 Å². The number of aliphatic carboxylic acids is 1. The summed E-state index contributed by atoms with van der Waals surface area (Å²) in [6.45, 7) is 11.2. The van der Waals surface area contributed by atoms with Crippen molar-refractivity contribution in [2.75, 3.05) is 13.1 Å². The average Bonchev–Trinajstić information content (AvgIpc) is 2.29. The number of hydrogen-bond donors (Lipinski definition) is 1. The Morgan fingerprint density at radius 2 is 1.47 bits per heavy atom. The van der Waals surface area contributed by atoms with Crippen molar-refractivity contribution in [3.8, 4) is 0 Å². The van der Waals surface area contributed by atoms with Crippen LogP contribution in [-0.2, 0) is 4.79 Å². The molecule has 0 radical (unpaired) electrons. The van der Waals surface area contributed by atoms with Gasteiger partial charge < -0.3 is 14.9 Å². The molecule has 0 aromatic heterocycles. The van der Waals surface area contributed by atoms with E-state index in [-0.39, 0.29) is 24.5 Å². The summed E-state index contributed by atoms with van der Waals surface area (Å²) in [6.07, 6.45) is 1.52. The number of nitrogens with zero attached hydrogens (tertiary/aromatic N) is 2. The average molecular weight is 272 g/mol. The minimum absolute atomic E-state index is 0.0113. The second-order valence-electron chi connectivity index (χ2n) is 5.35. The highest BCUT2D eigenvalue weighted by Crippen LogP contribution is 2.10. The van der Waals surface area contributed by atoms with Crippen molar-refractivity contribution in [2.24, 2.45) is 0 Å². The molecule has 0 saturated carbocycles. The molecule has 0 heterocycles. The molecule has 0 aliphatic rings. The fraction of sp³-hybridized carbons (Fsp3) is 0.857. The first-order chi connectivity index (χ1) is 8.81. The van der Waals surface area contributed by atoms with Gasteiger partial charge in [0.25, 0.3) is 0 Å². The number of hydrogen-bond acceptors (Lipinski definition) is 2. The van der Waals surface area contributed by atoms with Crippen molar-refractivity contribution in [3.05, 3.63) is 0 Å². The van der Waals surface area contributed by atoms with Gasteiger partial charge in [0.2, 0.25) is 0 Å². The molecule has 0 aliphatic heterocycles. The normalized spacial score (nSPS) is 10.9. The first-order valence-corrected chi connectivity index (χ1v) is 7.10. The van der Waals surface area contributed by atoms with Crippen LogP contribution in [0, 0.1) is 0 Å². The zero-order chi connectivity index (χ0) is 15.0. The third-order valence-electron chi connectivity index (χ3n) is 2.99. The topological polar surface area (TPSA) is 60.9 Å². The van der Waals surface area contributed by atoms with Crippen LogP contribution in [-0.4, -0.2) is 52.1 Å². The lowest BCUT2D eigenvalue weighted by Crippen LogP contribution is -2.49. The molecule has 0 atom stereocenters. The predicted molar refractivity (Wildman–Crippen MR) is 76.2 cm³/mol. The van der Waals surface area contributed by atoms with Crippen LogP contribution in [0.5, 0.6) is 0 Å². The molecule has 0 unspecified atom stereocenters. The molecule has 19 heavy (non-hydrogen) atoms. The van der Waals surface area contributed by atoms with Gasteiger partial charge in [-0.1, -0.05) is 6.92 Å². The number of carbonyl (C=O) groups excluding carboxylic acids is 1. The van der Waals surface area contributed by atoms with Gasteiger partial charge in [-0.2, -0.15) is 0 Å². The summed E-state index contributed by atoms with van der Waals surface area (Å²) in [7, 11) is 0. The number of amides is 2. The van der Waals surface area contributed by atoms with E-state index in [1.54, 1.807) is 4.90 Å². The highest BCUT2D eigenvalue weighted by atomic mass is 16.4. The van der Waals surface area contributed by atoms with E-state index in [0.717, 1.165) is 13.0 Å². The fourth-order valence-electron chi connectivity index (χ4n) is 1.96. The highest BCUT2D eigenvalue weighted by molar-refractivity contribution is 5.75. The van der Waals surface area contributed by atoms with Crippen molar-refractivity contribution < 1.29 is 14.7 Å². The summed E-state index contributed by atoms with van der Waals surface area (Å²) in [4.78, 5) is 26.7. The van der Waals surface area contributed by atoms with Gasteiger partial charge in [-0.25, -0.2) is 4.79 Å². The number of carboxylic acids is 1. The summed E-state index contributed by atoms with van der Waals surface area (Å²) in [5, 5.41) is 8.67. The maximum Gasteiger partial charge on any atom is 0.320 e. The summed E-state index contributed by atoms with van der Waals surface area (Å²) in [6, 6.07) is 0.254. The van der Waals surface area contributed by atoms with E-state index in [1.807, 2.05) is 39.5 Å². The molecule has 0 spiro atoms. The Morgan fingerprint density at radius 3 is 1.84 bits per heavy atom. The molecule has 0 bridgehead atoms. The summed E-state index contributed by atoms with van der Waals surface area (Å²) < 4.78 is 0. The van der Waals surface area contributed by atoms with E-state index < -0.39 is 5.97 Å². The molecule has 2 amide bonds. The van der Waals surface area contributed by atoms with Crippen LogP contribution < -0.4 is 0 Å². The minimum atomic E-state index is -0.814. The zero-order valence-electron chi connectivity index (χ0n) is 12.8. The quantitative estimate of drug-likeness (QED) is 0.739. The van der Waals surface area contributed by atoms with Crippen molar-refractivity contribution in [1.82, 2.24) is 9.80 Å². The SMILES string of the molecule is CCCN(C(=O)N(CCCC(=O)O)C(C)C)C(C)C. The van der Waals surface area contributed by atoms with Gasteiger partial charge in [-0.05, 0) is 40.5 Å². The first kappa shape index (κ1) is 17.7. The molecule has 0 aromatic rings. The lowest BCUT2D eigenvalue weighted by atomic mass is 10.2. The van der Waals surface area contributed by atoms with Crippen LogP contribution in [0.3, 0.4) is 0 Å². The largest absolute Gasteiger partial charge is 0.481 e. The van der Waals surface area contributed by atoms with Gasteiger partial charge in [-0.3, -0.25) is 4.79 Å². The fourth-order valence-corrected chi connectivity index (χ4v) is 1.96. The Hall–Kier alpha value is -1.26. The molecule has 1 N–H and O–H groups in total. The third kappa shape index (κ3) is 6.45. The highest BCUT2D eigenvalue weighted by Gasteiger charge is 2.24. The van der Waals surface area contributed by atoms with E-state index in [4.69, 9.17) is 5.11 Å². The molecule has 0 aliphatic carbocycles. The Bertz CT molecular complexity index is 290. The van der Waals surface area contributed by atoms with E-state index in [9.17, 15) is 9.59 Å². The smallest absolute Gasteiger partial charge is 0.320 e. The van der Waals surface area contributed by atoms with Crippen molar-refractivity contribution >= 4 is 12.0 Å². The molecule has 5 nitrogen and oxygen atoms in total. The van der Waals surface area contributed by atoms with Crippen molar-refractivity contribution in [3.63, 3.8) is 0 Å². The maximum atomic E-state index is 12.5. The molecular formula is C14H28N2O3. The van der Waals surface area contributed by atoms with Gasteiger partial charge >= 0.3 is 12.0 Å². The van der Waals surface area contributed by atoms with Crippen molar-refractivity contribution in [2.45, 2.75) is 66.0 Å². The van der Waals surface area contributed by atoms with Gasteiger partial charge in [-0.15, -0.1) is 0 Å². The minimum Gasteiger partial charge on any atom is -0.481 e. The molecule has 0 rings (SSSR count). The predicted octanol–water partition coefficient (Wildman–Crippen LogP) is 2.80. The molecule has 112 valence electrons. The summed E-state index contributed by atoms with van der Waals surface area (Å²) in [5.74, 6) is -0.814. The third-order valence-corrected chi connectivity index (χ3v) is 2.99. The Morgan fingerprint density at radius 1 is 1.00 bits per heavy atom. The van der Waals surface area contributed by atoms with E-state index in [0.29, 0.717) is 13.0 Å². The van der Waals surface area contributed by atoms with Crippen LogP contribution >= 0.6 is 0 Å². The first-order valence-electron chi connectivity index (χ1n) is 7.10. The second kappa shape index (κ2) is 8.77. The number of urea groups is 1. The molecule has 5 heteroatoms. The van der Waals surface area contributed by atoms with Crippen LogP contribution in [0.25, 0.3) is 0 Å². The number of carboxylic acid groups (broad SMARTS) is 1. The Balaban J connectivity index is 4.66. The molecular weight excluding hydrogens is 244 g/mol. The van der Waals surface area contributed by atoms with Crippen LogP contribution in [0.4, 0.5) is 4.79 Å². The number of carbonyl (C=O) groups is 2. The molecule has 0 fully saturated rings. The van der Waals surface area contributed by atoms with Gasteiger partial charge in [0, 0.05) is 31.6 Å². The number of rotatable bonds is 8. The van der Waals surface area contributed by atoms with Gasteiger partial charge in [0.1, 0.15) is 0 Å². The summed E-state index contributed by atoms with van der Waals surface area (Å²) in [5.41, 5.74) is 0. The maximum absolute atomic E-state index is 12.5. The Labute approximate surface area is 116 Å². The van der Waals surface area contributed by atoms with E-state index in [2.05, 4.69) is 0 Å². The lowest BCUT2D eigenvalue weighted by molar-refractivity contribution is -0.137. The standard InChI is InChI=1S/C14H28N2O3/c1-6-9-15(11(2)3)14(19)16(12(4)5)10-7-8-13(17)18/h11-12H,6-10H2,1-5H3,(H,17,18).